The zero-order valence-electron chi connectivity index (χ0n) is 16.7. The molecule has 28 heavy (non-hydrogen) atoms. The van der Waals surface area contributed by atoms with Crippen LogP contribution in [0.1, 0.15) is 62.0 Å². The molecule has 1 aromatic heterocycles. The number of hydrogen-bond acceptors (Lipinski definition) is 4. The highest BCUT2D eigenvalue weighted by molar-refractivity contribution is 6.04. The Morgan fingerprint density at radius 1 is 0.964 bits per heavy atom. The first-order chi connectivity index (χ1) is 13.3. The largest absolute Gasteiger partial charge is 0.322 e. The van der Waals surface area contributed by atoms with Crippen molar-refractivity contribution in [2.45, 2.75) is 51.4 Å². The molecular weight excluding hydrogens is 350 g/mol. The number of carbonyl (C=O) groups is 1. The summed E-state index contributed by atoms with van der Waals surface area (Å²) in [7, 11) is 0. The van der Waals surface area contributed by atoms with Crippen LogP contribution < -0.4 is 5.32 Å². The van der Waals surface area contributed by atoms with Gasteiger partial charge in [0.15, 0.2) is 0 Å². The Labute approximate surface area is 164 Å². The Bertz CT molecular complexity index is 1000. The predicted octanol–water partition coefficient (Wildman–Crippen LogP) is 4.47. The van der Waals surface area contributed by atoms with Gasteiger partial charge < -0.3 is 5.32 Å². The van der Waals surface area contributed by atoms with Gasteiger partial charge in [-0.2, -0.15) is 5.21 Å². The zero-order chi connectivity index (χ0) is 19.9. The lowest BCUT2D eigenvalue weighted by Gasteiger charge is -2.42. The molecule has 0 unspecified atom stereocenters. The smallest absolute Gasteiger partial charge is 0.255 e. The number of aromatic amines is 1. The van der Waals surface area contributed by atoms with Gasteiger partial charge >= 0.3 is 0 Å². The molecular formula is C22H25N5O. The Morgan fingerprint density at radius 3 is 2.29 bits per heavy atom. The number of nitrogens with one attached hydrogen (secondary N) is 2. The maximum absolute atomic E-state index is 12.8. The summed E-state index contributed by atoms with van der Waals surface area (Å²) in [5.74, 6) is 0.423. The molecule has 1 heterocycles. The first-order valence-electron chi connectivity index (χ1n) is 9.57. The molecule has 1 amide bonds. The van der Waals surface area contributed by atoms with Crippen LogP contribution in [0, 0.1) is 0 Å². The van der Waals surface area contributed by atoms with Gasteiger partial charge in [0.05, 0.1) is 0 Å². The average molecular weight is 375 g/mol. The fraction of sp³-hybridized carbons (Fsp3) is 0.364. The van der Waals surface area contributed by atoms with E-state index in [0.717, 1.165) is 24.1 Å². The van der Waals surface area contributed by atoms with Crippen molar-refractivity contribution in [2.75, 3.05) is 5.32 Å². The third-order valence-electron chi connectivity index (χ3n) is 5.86. The highest BCUT2D eigenvalue weighted by Gasteiger charge is 2.37. The van der Waals surface area contributed by atoms with Crippen molar-refractivity contribution in [1.29, 1.82) is 0 Å². The maximum Gasteiger partial charge on any atom is 0.255 e. The summed E-state index contributed by atoms with van der Waals surface area (Å²) in [5.41, 5.74) is 5.11. The van der Waals surface area contributed by atoms with E-state index in [2.05, 4.69) is 65.8 Å². The van der Waals surface area contributed by atoms with Gasteiger partial charge in [0.25, 0.3) is 5.91 Å². The Hall–Kier alpha value is -3.02. The van der Waals surface area contributed by atoms with Gasteiger partial charge in [-0.3, -0.25) is 4.79 Å². The molecule has 0 spiro atoms. The lowest BCUT2D eigenvalue weighted by atomic mass is 9.63. The number of anilines is 1. The van der Waals surface area contributed by atoms with E-state index in [1.165, 1.54) is 11.1 Å². The van der Waals surface area contributed by atoms with Crippen LogP contribution in [0.5, 0.6) is 0 Å². The number of H-pyrrole nitrogens is 1. The van der Waals surface area contributed by atoms with Gasteiger partial charge in [0.2, 0.25) is 5.82 Å². The molecule has 144 valence electrons. The molecule has 4 rings (SSSR count). The van der Waals surface area contributed by atoms with Crippen LogP contribution in [0.2, 0.25) is 0 Å². The molecule has 0 saturated heterocycles. The van der Waals surface area contributed by atoms with Crippen LogP contribution in [0.4, 0.5) is 5.69 Å². The number of hydrogen-bond donors (Lipinski definition) is 2. The van der Waals surface area contributed by atoms with Crippen LogP contribution in [-0.4, -0.2) is 26.5 Å². The van der Waals surface area contributed by atoms with Gasteiger partial charge in [-0.1, -0.05) is 33.8 Å². The van der Waals surface area contributed by atoms with E-state index < -0.39 is 0 Å². The average Bonchev–Trinajstić information content (AvgIpc) is 3.21. The van der Waals surface area contributed by atoms with Crippen molar-refractivity contribution < 1.29 is 4.79 Å². The second kappa shape index (κ2) is 6.55. The Morgan fingerprint density at radius 2 is 1.64 bits per heavy atom. The van der Waals surface area contributed by atoms with Crippen molar-refractivity contribution >= 4 is 11.6 Å². The van der Waals surface area contributed by atoms with Gasteiger partial charge in [-0.05, 0) is 76.4 Å². The summed E-state index contributed by atoms with van der Waals surface area (Å²) < 4.78 is 0. The van der Waals surface area contributed by atoms with E-state index in [9.17, 15) is 4.79 Å². The van der Waals surface area contributed by atoms with Crippen molar-refractivity contribution in [2.24, 2.45) is 0 Å². The molecule has 6 heteroatoms. The number of tetrazole rings is 1. The minimum absolute atomic E-state index is 0.0768. The molecule has 0 radical (unpaired) electrons. The first-order valence-corrected chi connectivity index (χ1v) is 9.57. The maximum atomic E-state index is 12.8. The molecule has 0 bridgehead atoms. The number of carbonyl (C=O) groups excluding carboxylic acids is 1. The van der Waals surface area contributed by atoms with Gasteiger partial charge in [-0.25, -0.2) is 0 Å². The third-order valence-corrected chi connectivity index (χ3v) is 5.86. The summed E-state index contributed by atoms with van der Waals surface area (Å²) in [6, 6.07) is 13.5. The molecule has 1 aliphatic rings. The van der Waals surface area contributed by atoms with Crippen LogP contribution in [0.25, 0.3) is 11.4 Å². The molecule has 3 aromatic rings. The second-order valence-electron chi connectivity index (χ2n) is 8.80. The normalized spacial score (nSPS) is 17.0. The molecule has 1 aliphatic carbocycles. The molecule has 0 atom stereocenters. The number of fused-ring (bicyclic) bond motifs is 1. The number of benzene rings is 2. The lowest BCUT2D eigenvalue weighted by Crippen LogP contribution is -2.34. The summed E-state index contributed by atoms with van der Waals surface area (Å²) in [6.07, 6.45) is 2.28. The molecule has 2 aromatic carbocycles. The van der Waals surface area contributed by atoms with Gasteiger partial charge in [0, 0.05) is 16.8 Å². The van der Waals surface area contributed by atoms with E-state index in [0.29, 0.717) is 11.4 Å². The standard InChI is InChI=1S/C22H25N5O/c1-21(2)11-12-22(3,4)18-13-15(7-10-17(18)21)20(28)23-16-8-5-14(6-9-16)19-24-26-27-25-19/h5-10,13H,11-12H2,1-4H3,(H,23,28)(H,24,25,26,27). The number of aromatic nitrogens is 4. The molecule has 2 N–H and O–H groups in total. The van der Waals surface area contributed by atoms with E-state index in [1.807, 2.05) is 30.3 Å². The van der Waals surface area contributed by atoms with Crippen LogP contribution in [-0.2, 0) is 10.8 Å². The van der Waals surface area contributed by atoms with E-state index in [-0.39, 0.29) is 16.7 Å². The van der Waals surface area contributed by atoms with Crippen LogP contribution in [0.15, 0.2) is 42.5 Å². The number of amides is 1. The van der Waals surface area contributed by atoms with Crippen LogP contribution >= 0.6 is 0 Å². The van der Waals surface area contributed by atoms with Crippen molar-refractivity contribution in [3.63, 3.8) is 0 Å². The van der Waals surface area contributed by atoms with E-state index in [4.69, 9.17) is 0 Å². The van der Waals surface area contributed by atoms with Gasteiger partial charge in [-0.15, -0.1) is 10.2 Å². The van der Waals surface area contributed by atoms with Crippen molar-refractivity contribution in [3.8, 4) is 11.4 Å². The second-order valence-corrected chi connectivity index (χ2v) is 8.80. The summed E-state index contributed by atoms with van der Waals surface area (Å²) in [6.45, 7) is 9.09. The molecule has 0 saturated carbocycles. The van der Waals surface area contributed by atoms with Gasteiger partial charge in [0.1, 0.15) is 0 Å². The minimum Gasteiger partial charge on any atom is -0.322 e. The van der Waals surface area contributed by atoms with Crippen LogP contribution in [0.3, 0.4) is 0 Å². The highest BCUT2D eigenvalue weighted by Crippen LogP contribution is 2.45. The predicted molar refractivity (Wildman–Crippen MR) is 109 cm³/mol. The van der Waals surface area contributed by atoms with E-state index >= 15 is 0 Å². The zero-order valence-corrected chi connectivity index (χ0v) is 16.7. The SMILES string of the molecule is CC1(C)CCC(C)(C)c2cc(C(=O)Nc3ccc(-c4nn[nH]n4)cc3)ccc21. The molecule has 6 nitrogen and oxygen atoms in total. The van der Waals surface area contributed by atoms with E-state index in [1.54, 1.807) is 0 Å². The minimum atomic E-state index is -0.103. The molecule has 0 aliphatic heterocycles. The fourth-order valence-corrected chi connectivity index (χ4v) is 3.92. The lowest BCUT2D eigenvalue weighted by molar-refractivity contribution is 0.102. The number of nitrogens with zero attached hydrogens (tertiary/aromatic N) is 3. The quantitative estimate of drug-likeness (QED) is 0.707. The topological polar surface area (TPSA) is 83.6 Å². The highest BCUT2D eigenvalue weighted by atomic mass is 16.1. The van der Waals surface area contributed by atoms with Crippen molar-refractivity contribution in [1.82, 2.24) is 20.6 Å². The number of rotatable bonds is 3. The Balaban J connectivity index is 1.57. The first kappa shape index (κ1) is 18.3. The summed E-state index contributed by atoms with van der Waals surface area (Å²) in [4.78, 5) is 12.8. The monoisotopic (exact) mass is 375 g/mol. The van der Waals surface area contributed by atoms with Crippen molar-refractivity contribution in [3.05, 3.63) is 59.2 Å². The summed E-state index contributed by atoms with van der Waals surface area (Å²) >= 11 is 0. The fourth-order valence-electron chi connectivity index (χ4n) is 3.92. The summed E-state index contributed by atoms with van der Waals surface area (Å²) in [5, 5.41) is 16.9. The molecule has 0 fully saturated rings. The third kappa shape index (κ3) is 3.30. The Kier molecular flexibility index (Phi) is 4.29.